The molecule has 0 unspecified atom stereocenters. The Morgan fingerprint density at radius 1 is 0.583 bits per heavy atom. The summed E-state index contributed by atoms with van der Waals surface area (Å²) in [5.41, 5.74) is 22.7. The van der Waals surface area contributed by atoms with E-state index in [-0.39, 0.29) is 5.41 Å². The molecule has 3 aromatic carbocycles. The van der Waals surface area contributed by atoms with Gasteiger partial charge in [-0.3, -0.25) is 0 Å². The zero-order valence-corrected chi connectivity index (χ0v) is 24.2. The van der Waals surface area contributed by atoms with Gasteiger partial charge in [0.25, 0.3) is 0 Å². The van der Waals surface area contributed by atoms with E-state index < -0.39 is 0 Å². The molecule has 1 aromatic heterocycles. The van der Waals surface area contributed by atoms with E-state index in [2.05, 4.69) is 105 Å². The zero-order chi connectivity index (χ0) is 25.8. The van der Waals surface area contributed by atoms with Crippen LogP contribution in [0.25, 0.3) is 27.3 Å². The summed E-state index contributed by atoms with van der Waals surface area (Å²) in [4.78, 5) is 0. The highest BCUT2D eigenvalue weighted by molar-refractivity contribution is 7.17. The second kappa shape index (κ2) is 7.56. The summed E-state index contributed by atoms with van der Waals surface area (Å²) in [7, 11) is 0. The minimum Gasteiger partial charge on any atom is -0.144 e. The number of hydrogen-bond donors (Lipinski definition) is 0. The van der Waals surface area contributed by atoms with Gasteiger partial charge in [0.15, 0.2) is 0 Å². The minimum absolute atomic E-state index is 0.310. The van der Waals surface area contributed by atoms with Gasteiger partial charge in [0.05, 0.1) is 5.41 Å². The van der Waals surface area contributed by atoms with Gasteiger partial charge in [0.1, 0.15) is 0 Å². The van der Waals surface area contributed by atoms with Gasteiger partial charge in [0, 0.05) is 4.70 Å². The maximum Gasteiger partial charge on any atom is 0.0658 e. The van der Waals surface area contributed by atoms with Gasteiger partial charge in [-0.15, -0.1) is 11.3 Å². The van der Waals surface area contributed by atoms with Crippen molar-refractivity contribution in [1.29, 1.82) is 0 Å². The van der Waals surface area contributed by atoms with Crippen LogP contribution in [0.15, 0.2) is 29.7 Å². The molecular formula is C35H36S. The van der Waals surface area contributed by atoms with Gasteiger partial charge in [0.2, 0.25) is 0 Å². The molecule has 0 amide bonds. The minimum atomic E-state index is -0.310. The Bertz CT molecular complexity index is 1630. The normalized spacial score (nSPS) is 15.5. The van der Waals surface area contributed by atoms with Gasteiger partial charge >= 0.3 is 0 Å². The highest BCUT2D eigenvalue weighted by atomic mass is 32.1. The zero-order valence-electron chi connectivity index (χ0n) is 23.4. The van der Waals surface area contributed by atoms with E-state index in [0.717, 1.165) is 0 Å². The number of rotatable bonds is 0. The van der Waals surface area contributed by atoms with Gasteiger partial charge in [-0.25, -0.2) is 0 Å². The van der Waals surface area contributed by atoms with Crippen molar-refractivity contribution < 1.29 is 0 Å². The Hall–Kier alpha value is -2.90. The van der Waals surface area contributed by atoms with Crippen molar-refractivity contribution in [3.8, 4) is 0 Å². The second-order valence-corrected chi connectivity index (χ2v) is 12.2. The average molecular weight is 489 g/mol. The van der Waals surface area contributed by atoms with E-state index in [0.29, 0.717) is 0 Å². The molecule has 36 heavy (non-hydrogen) atoms. The molecule has 0 bridgehead atoms. The average Bonchev–Trinajstić information content (AvgIpc) is 3.45. The van der Waals surface area contributed by atoms with Crippen LogP contribution < -0.4 is 0 Å². The van der Waals surface area contributed by atoms with E-state index in [1.54, 1.807) is 0 Å². The van der Waals surface area contributed by atoms with Crippen LogP contribution in [-0.2, 0) is 5.41 Å². The Balaban J connectivity index is 1.95. The second-order valence-electron chi connectivity index (χ2n) is 11.3. The third-order valence-electron chi connectivity index (χ3n) is 10.0. The third-order valence-corrected chi connectivity index (χ3v) is 10.9. The molecule has 1 spiro atoms. The van der Waals surface area contributed by atoms with E-state index in [1.807, 2.05) is 11.3 Å². The smallest absolute Gasteiger partial charge is 0.0658 e. The predicted octanol–water partition coefficient (Wildman–Crippen LogP) is 9.99. The number of hydrogen-bond acceptors (Lipinski definition) is 1. The monoisotopic (exact) mass is 488 g/mol. The first-order chi connectivity index (χ1) is 17.0. The van der Waals surface area contributed by atoms with E-state index >= 15 is 0 Å². The van der Waals surface area contributed by atoms with Crippen molar-refractivity contribution in [2.24, 2.45) is 0 Å². The molecule has 4 aromatic rings. The highest BCUT2D eigenvalue weighted by Crippen LogP contribution is 2.58. The number of benzene rings is 3. The first-order valence-electron chi connectivity index (χ1n) is 13.1. The first kappa shape index (κ1) is 23.5. The number of allylic oxidation sites excluding steroid dienone is 3. The summed E-state index contributed by atoms with van der Waals surface area (Å²) in [5.74, 6) is 0. The van der Waals surface area contributed by atoms with Gasteiger partial charge in [-0.05, 0) is 187 Å². The fourth-order valence-corrected chi connectivity index (χ4v) is 8.11. The SMILES string of the molecule is CC1=C(C)c2c(C)c(C)c(C)c(C)c2C2(C=Cc3cc4sccc4cc32)c2c(C)c(C)c(C)c(C)c21. The van der Waals surface area contributed by atoms with E-state index in [9.17, 15) is 0 Å². The third kappa shape index (κ3) is 2.65. The highest BCUT2D eigenvalue weighted by Gasteiger charge is 2.47. The predicted molar refractivity (Wildman–Crippen MR) is 160 cm³/mol. The summed E-state index contributed by atoms with van der Waals surface area (Å²) < 4.78 is 1.37. The van der Waals surface area contributed by atoms with Crippen molar-refractivity contribution in [3.05, 3.63) is 108 Å². The molecule has 2 aliphatic rings. The molecule has 2 aliphatic carbocycles. The summed E-state index contributed by atoms with van der Waals surface area (Å²) in [6.45, 7) is 23.4. The molecule has 0 aliphatic heterocycles. The van der Waals surface area contributed by atoms with Crippen LogP contribution in [0.1, 0.15) is 91.7 Å². The lowest BCUT2D eigenvalue weighted by Gasteiger charge is -2.38. The lowest BCUT2D eigenvalue weighted by atomic mass is 9.63. The molecule has 0 atom stereocenters. The van der Waals surface area contributed by atoms with Crippen molar-refractivity contribution in [2.75, 3.05) is 0 Å². The Labute approximate surface area is 220 Å². The largest absolute Gasteiger partial charge is 0.144 e. The summed E-state index contributed by atoms with van der Waals surface area (Å²) in [6, 6.07) is 7.21. The summed E-state index contributed by atoms with van der Waals surface area (Å²) >= 11 is 1.84. The van der Waals surface area contributed by atoms with E-state index in [1.165, 1.54) is 99.1 Å². The van der Waals surface area contributed by atoms with Crippen molar-refractivity contribution in [3.63, 3.8) is 0 Å². The lowest BCUT2D eigenvalue weighted by Crippen LogP contribution is -2.31. The molecule has 0 N–H and O–H groups in total. The summed E-state index contributed by atoms with van der Waals surface area (Å²) in [6.07, 6.45) is 4.96. The molecule has 182 valence electrons. The molecule has 0 saturated carbocycles. The van der Waals surface area contributed by atoms with Crippen LogP contribution in [-0.4, -0.2) is 0 Å². The van der Waals surface area contributed by atoms with Crippen molar-refractivity contribution >= 4 is 38.6 Å². The molecule has 0 radical (unpaired) electrons. The van der Waals surface area contributed by atoms with Crippen LogP contribution in [0.5, 0.6) is 0 Å². The van der Waals surface area contributed by atoms with Crippen LogP contribution in [0.2, 0.25) is 0 Å². The molecule has 0 saturated heterocycles. The Morgan fingerprint density at radius 3 is 1.61 bits per heavy atom. The van der Waals surface area contributed by atoms with Crippen molar-refractivity contribution in [1.82, 2.24) is 0 Å². The van der Waals surface area contributed by atoms with Crippen LogP contribution in [0.4, 0.5) is 0 Å². The number of thiophene rings is 1. The van der Waals surface area contributed by atoms with Gasteiger partial charge in [-0.1, -0.05) is 12.2 Å². The quantitative estimate of drug-likeness (QED) is 0.231. The molecule has 0 fully saturated rings. The van der Waals surface area contributed by atoms with Crippen LogP contribution in [0, 0.1) is 55.4 Å². The molecule has 1 heterocycles. The maximum absolute atomic E-state index is 2.55. The Morgan fingerprint density at radius 2 is 1.08 bits per heavy atom. The molecular weight excluding hydrogens is 452 g/mol. The van der Waals surface area contributed by atoms with Crippen molar-refractivity contribution in [2.45, 2.75) is 74.7 Å². The van der Waals surface area contributed by atoms with E-state index in [4.69, 9.17) is 0 Å². The van der Waals surface area contributed by atoms with Gasteiger partial charge in [-0.2, -0.15) is 0 Å². The standard InChI is InChI=1S/C35H36S/c1-17-19(3)25(9)33-31(21(17)5)23(7)24(8)32-22(6)18(2)20(4)26(10)34(32)35(33)13-11-27-16-30-28(12-14-36-30)15-29(27)35/h11-16H,1-10H3. The van der Waals surface area contributed by atoms with Gasteiger partial charge < -0.3 is 0 Å². The topological polar surface area (TPSA) is 0 Å². The maximum atomic E-state index is 2.55. The summed E-state index contributed by atoms with van der Waals surface area (Å²) in [5, 5.41) is 3.58. The molecule has 6 rings (SSSR count). The number of fused-ring (bicyclic) bond motifs is 7. The molecule has 1 heteroatoms. The Kier molecular flexibility index (Phi) is 4.93. The lowest BCUT2D eigenvalue weighted by molar-refractivity contribution is 0.767. The first-order valence-corrected chi connectivity index (χ1v) is 14.0. The fraction of sp³-hybridized carbons (Fsp3) is 0.314. The van der Waals surface area contributed by atoms with Crippen LogP contribution >= 0.6 is 11.3 Å². The fourth-order valence-electron chi connectivity index (χ4n) is 7.29. The molecule has 0 nitrogen and oxygen atoms in total. The van der Waals surface area contributed by atoms with Crippen LogP contribution in [0.3, 0.4) is 0 Å².